The van der Waals surface area contributed by atoms with Crippen LogP contribution in [0.4, 0.5) is 5.69 Å². The monoisotopic (exact) mass is 595 g/mol. The van der Waals surface area contributed by atoms with Crippen LogP contribution in [0.15, 0.2) is 48.5 Å². The molecule has 2 aromatic carbocycles. The lowest BCUT2D eigenvalue weighted by molar-refractivity contribution is -0.125. The van der Waals surface area contributed by atoms with E-state index >= 15 is 0 Å². The van der Waals surface area contributed by atoms with Gasteiger partial charge in [0.05, 0.1) is 78.3 Å². The van der Waals surface area contributed by atoms with Gasteiger partial charge in [0.2, 0.25) is 17.7 Å². The molecule has 0 fully saturated rings. The SMILES string of the molecule is NC(=O)CCOCCOCCOCCOCCOCCNC(=O)CCC(=O)N1Cc2ccccc2C#Cc2ccccc21. The number of rotatable bonds is 21. The fourth-order valence-electron chi connectivity index (χ4n) is 4.07. The summed E-state index contributed by atoms with van der Waals surface area (Å²) in [5.74, 6) is 5.66. The largest absolute Gasteiger partial charge is 0.379 e. The maximum atomic E-state index is 13.2. The fourth-order valence-corrected chi connectivity index (χ4v) is 4.07. The Balaban J connectivity index is 1.19. The number of anilines is 1. The molecule has 0 spiro atoms. The Morgan fingerprint density at radius 2 is 1.21 bits per heavy atom. The molecule has 1 heterocycles. The molecule has 3 rings (SSSR count). The second-order valence-corrected chi connectivity index (χ2v) is 9.53. The van der Waals surface area contributed by atoms with Gasteiger partial charge in [-0.1, -0.05) is 42.2 Å². The van der Waals surface area contributed by atoms with Gasteiger partial charge < -0.3 is 39.6 Å². The van der Waals surface area contributed by atoms with Crippen LogP contribution in [0.25, 0.3) is 0 Å². The van der Waals surface area contributed by atoms with Crippen molar-refractivity contribution < 1.29 is 38.1 Å². The molecular formula is C32H41N3O8. The summed E-state index contributed by atoms with van der Waals surface area (Å²) in [5, 5.41) is 2.80. The molecule has 232 valence electrons. The molecule has 2 aromatic rings. The number of nitrogens with two attached hydrogens (primary N) is 1. The number of amides is 3. The summed E-state index contributed by atoms with van der Waals surface area (Å²) >= 11 is 0. The highest BCUT2D eigenvalue weighted by Crippen LogP contribution is 2.26. The number of carbonyl (C=O) groups is 3. The third-order valence-corrected chi connectivity index (χ3v) is 6.29. The van der Waals surface area contributed by atoms with E-state index in [0.717, 1.165) is 22.4 Å². The van der Waals surface area contributed by atoms with Gasteiger partial charge in [-0.05, 0) is 23.8 Å². The van der Waals surface area contributed by atoms with Gasteiger partial charge >= 0.3 is 0 Å². The van der Waals surface area contributed by atoms with Crippen LogP contribution < -0.4 is 16.0 Å². The minimum atomic E-state index is -0.386. The number of ether oxygens (including phenoxy) is 5. The normalized spacial score (nSPS) is 11.9. The standard InChI is InChI=1S/C32H41N3O8/c33-30(36)13-15-39-17-19-41-21-23-43-24-22-42-20-18-40-16-14-34-31(37)11-12-32(38)35-25-28-7-2-1-5-26(28)9-10-27-6-3-4-8-29(27)35/h1-8H,11-25H2,(H2,33,36)(H,34,37). The summed E-state index contributed by atoms with van der Waals surface area (Å²) in [4.78, 5) is 37.9. The first kappa shape index (κ1) is 33.7. The van der Waals surface area contributed by atoms with Gasteiger partial charge in [0.1, 0.15) is 0 Å². The first-order chi connectivity index (χ1) is 21.0. The molecule has 1 aliphatic heterocycles. The molecule has 0 saturated carbocycles. The molecule has 1 aliphatic rings. The first-order valence-electron chi connectivity index (χ1n) is 14.5. The van der Waals surface area contributed by atoms with E-state index in [1.807, 2.05) is 48.5 Å². The average Bonchev–Trinajstić information content (AvgIpc) is 3.00. The van der Waals surface area contributed by atoms with Gasteiger partial charge in [-0.15, -0.1) is 0 Å². The third kappa shape index (κ3) is 13.4. The molecule has 11 heteroatoms. The second-order valence-electron chi connectivity index (χ2n) is 9.53. The quantitative estimate of drug-likeness (QED) is 0.165. The first-order valence-corrected chi connectivity index (χ1v) is 14.5. The molecule has 0 bridgehead atoms. The summed E-state index contributed by atoms with van der Waals surface area (Å²) in [7, 11) is 0. The predicted octanol–water partition coefficient (Wildman–Crippen LogP) is 1.79. The van der Waals surface area contributed by atoms with Crippen LogP contribution in [0.1, 0.15) is 36.0 Å². The van der Waals surface area contributed by atoms with Gasteiger partial charge in [0, 0.05) is 36.9 Å². The summed E-state index contributed by atoms with van der Waals surface area (Å²) in [6.07, 6.45) is 0.381. The van der Waals surface area contributed by atoms with E-state index in [2.05, 4.69) is 17.2 Å². The number of benzene rings is 2. The zero-order valence-corrected chi connectivity index (χ0v) is 24.5. The number of hydrogen-bond acceptors (Lipinski definition) is 8. The van der Waals surface area contributed by atoms with Crippen molar-refractivity contribution in [2.45, 2.75) is 25.8 Å². The molecule has 0 aliphatic carbocycles. The Hall–Kier alpha value is -3.79. The number of nitrogens with zero attached hydrogens (tertiary/aromatic N) is 1. The summed E-state index contributed by atoms with van der Waals surface area (Å²) in [6.45, 7) is 4.79. The number of primary amides is 1. The van der Waals surface area contributed by atoms with Gasteiger partial charge in [-0.2, -0.15) is 0 Å². The highest BCUT2D eigenvalue weighted by atomic mass is 16.6. The Bertz CT molecular complexity index is 1230. The number of nitrogens with one attached hydrogen (secondary N) is 1. The van der Waals surface area contributed by atoms with Crippen LogP contribution >= 0.6 is 0 Å². The van der Waals surface area contributed by atoms with Crippen molar-refractivity contribution in [1.82, 2.24) is 5.32 Å². The summed E-state index contributed by atoms with van der Waals surface area (Å²) < 4.78 is 26.9. The molecule has 3 N–H and O–H groups in total. The van der Waals surface area contributed by atoms with Crippen molar-refractivity contribution in [3.05, 3.63) is 65.2 Å². The molecule has 11 nitrogen and oxygen atoms in total. The third-order valence-electron chi connectivity index (χ3n) is 6.29. The van der Waals surface area contributed by atoms with Gasteiger partial charge in [-0.3, -0.25) is 14.4 Å². The predicted molar refractivity (Wildman–Crippen MR) is 160 cm³/mol. The molecule has 0 saturated heterocycles. The average molecular weight is 596 g/mol. The zero-order valence-electron chi connectivity index (χ0n) is 24.5. The van der Waals surface area contributed by atoms with Crippen molar-refractivity contribution in [3.8, 4) is 11.8 Å². The van der Waals surface area contributed by atoms with Crippen LogP contribution in [0.2, 0.25) is 0 Å². The Morgan fingerprint density at radius 1 is 0.674 bits per heavy atom. The highest BCUT2D eigenvalue weighted by molar-refractivity contribution is 5.96. The smallest absolute Gasteiger partial charge is 0.227 e. The Labute approximate surface area is 252 Å². The van der Waals surface area contributed by atoms with Crippen LogP contribution in [0.5, 0.6) is 0 Å². The molecular weight excluding hydrogens is 554 g/mol. The van der Waals surface area contributed by atoms with E-state index < -0.39 is 0 Å². The van der Waals surface area contributed by atoms with Crippen LogP contribution in [-0.2, 0) is 44.6 Å². The molecule has 0 atom stereocenters. The van der Waals surface area contributed by atoms with Crippen LogP contribution in [-0.4, -0.2) is 90.3 Å². The van der Waals surface area contributed by atoms with E-state index in [1.165, 1.54) is 0 Å². The molecule has 3 amide bonds. The Kier molecular flexibility index (Phi) is 15.8. The van der Waals surface area contributed by atoms with E-state index in [-0.39, 0.29) is 37.0 Å². The molecule has 43 heavy (non-hydrogen) atoms. The van der Waals surface area contributed by atoms with E-state index in [9.17, 15) is 14.4 Å². The van der Waals surface area contributed by atoms with Crippen molar-refractivity contribution in [2.24, 2.45) is 5.73 Å². The van der Waals surface area contributed by atoms with Crippen molar-refractivity contribution >= 4 is 23.4 Å². The fraction of sp³-hybridized carbons (Fsp3) is 0.469. The zero-order chi connectivity index (χ0) is 30.5. The molecule has 0 unspecified atom stereocenters. The van der Waals surface area contributed by atoms with Gasteiger partial charge in [0.25, 0.3) is 0 Å². The van der Waals surface area contributed by atoms with Crippen molar-refractivity contribution in [2.75, 3.05) is 77.5 Å². The van der Waals surface area contributed by atoms with E-state index in [4.69, 9.17) is 29.4 Å². The van der Waals surface area contributed by atoms with Gasteiger partial charge in [0.15, 0.2) is 0 Å². The number of hydrogen-bond donors (Lipinski definition) is 2. The van der Waals surface area contributed by atoms with Crippen LogP contribution in [0.3, 0.4) is 0 Å². The number of fused-ring (bicyclic) bond motifs is 2. The van der Waals surface area contributed by atoms with E-state index in [0.29, 0.717) is 79.2 Å². The maximum Gasteiger partial charge on any atom is 0.227 e. The minimum Gasteiger partial charge on any atom is -0.379 e. The minimum absolute atomic E-state index is 0.0870. The second kappa shape index (κ2) is 20.2. The molecule has 0 aromatic heterocycles. The lowest BCUT2D eigenvalue weighted by Gasteiger charge is -2.26. The number of para-hydroxylation sites is 1. The highest BCUT2D eigenvalue weighted by Gasteiger charge is 2.21. The lowest BCUT2D eigenvalue weighted by Crippen LogP contribution is -2.34. The van der Waals surface area contributed by atoms with Gasteiger partial charge in [-0.25, -0.2) is 0 Å². The Morgan fingerprint density at radius 3 is 1.86 bits per heavy atom. The molecule has 0 radical (unpaired) electrons. The number of carbonyl (C=O) groups excluding carboxylic acids is 3. The lowest BCUT2D eigenvalue weighted by atomic mass is 10.0. The van der Waals surface area contributed by atoms with Crippen molar-refractivity contribution in [3.63, 3.8) is 0 Å². The van der Waals surface area contributed by atoms with Crippen LogP contribution in [0, 0.1) is 11.8 Å². The maximum absolute atomic E-state index is 13.2. The topological polar surface area (TPSA) is 139 Å². The summed E-state index contributed by atoms with van der Waals surface area (Å²) in [5.41, 5.74) is 8.42. The van der Waals surface area contributed by atoms with E-state index in [1.54, 1.807) is 4.90 Å². The summed E-state index contributed by atoms with van der Waals surface area (Å²) in [6, 6.07) is 15.4. The van der Waals surface area contributed by atoms with Crippen molar-refractivity contribution in [1.29, 1.82) is 0 Å².